The van der Waals surface area contributed by atoms with Crippen molar-refractivity contribution in [2.24, 2.45) is 0 Å². The van der Waals surface area contributed by atoms with Gasteiger partial charge in [0.1, 0.15) is 33.0 Å². The number of nitrogens with one attached hydrogen (secondary N) is 2. The third-order valence-corrected chi connectivity index (χ3v) is 6.79. The van der Waals surface area contributed by atoms with Gasteiger partial charge in [-0.25, -0.2) is 23.7 Å². The number of benzene rings is 1. The molecule has 11 heteroatoms. The predicted octanol–water partition coefficient (Wildman–Crippen LogP) is 3.56. The lowest BCUT2D eigenvalue weighted by Gasteiger charge is -2.22. The molecule has 0 radical (unpaired) electrons. The van der Waals surface area contributed by atoms with Crippen molar-refractivity contribution in [3.63, 3.8) is 0 Å². The number of thiazole rings is 1. The largest absolute Gasteiger partial charge is 0.389 e. The van der Waals surface area contributed by atoms with Gasteiger partial charge < -0.3 is 16.4 Å². The molecule has 0 spiro atoms. The van der Waals surface area contributed by atoms with E-state index in [-0.39, 0.29) is 21.3 Å². The van der Waals surface area contributed by atoms with E-state index >= 15 is 0 Å². The van der Waals surface area contributed by atoms with Crippen molar-refractivity contribution in [3.8, 4) is 10.6 Å². The maximum absolute atomic E-state index is 14.1. The number of nitrogens with two attached hydrogens (primary N) is 1. The minimum atomic E-state index is -0.771. The summed E-state index contributed by atoms with van der Waals surface area (Å²) in [5.41, 5.74) is 5.96. The van der Waals surface area contributed by atoms with E-state index in [1.165, 1.54) is 18.6 Å². The van der Waals surface area contributed by atoms with Gasteiger partial charge in [0, 0.05) is 5.25 Å². The molecule has 1 aliphatic rings. The number of piperidine rings is 1. The van der Waals surface area contributed by atoms with Crippen molar-refractivity contribution in [1.82, 2.24) is 20.3 Å². The number of nitrogen functional groups attached to an aromatic ring is 1. The Bertz CT molecular complexity index is 1050. The van der Waals surface area contributed by atoms with Crippen LogP contribution in [0.5, 0.6) is 0 Å². The van der Waals surface area contributed by atoms with Gasteiger partial charge in [0.25, 0.3) is 5.91 Å². The van der Waals surface area contributed by atoms with E-state index < -0.39 is 17.5 Å². The first kappa shape index (κ1) is 20.6. The fourth-order valence-corrected chi connectivity index (χ4v) is 5.06. The van der Waals surface area contributed by atoms with Crippen molar-refractivity contribution >= 4 is 39.7 Å². The Morgan fingerprint density at radius 2 is 2.00 bits per heavy atom. The van der Waals surface area contributed by atoms with Crippen molar-refractivity contribution in [1.29, 1.82) is 0 Å². The second kappa shape index (κ2) is 9.02. The number of hydrogen-bond donors (Lipinski definition) is 3. The molecule has 0 bridgehead atoms. The predicted molar refractivity (Wildman–Crippen MR) is 114 cm³/mol. The summed E-state index contributed by atoms with van der Waals surface area (Å²) < 4.78 is 28.1. The topological polar surface area (TPSA) is 106 Å². The minimum Gasteiger partial charge on any atom is -0.389 e. The number of hydrogen-bond acceptors (Lipinski definition) is 8. The van der Waals surface area contributed by atoms with Gasteiger partial charge in [0.05, 0.1) is 17.4 Å². The zero-order chi connectivity index (χ0) is 21.1. The Hall–Kier alpha value is -2.63. The highest BCUT2D eigenvalue weighted by Crippen LogP contribution is 2.35. The molecule has 0 unspecified atom stereocenters. The quantitative estimate of drug-likeness (QED) is 0.513. The molecule has 1 fully saturated rings. The second-order valence-corrected chi connectivity index (χ2v) is 8.91. The molecule has 1 saturated heterocycles. The van der Waals surface area contributed by atoms with E-state index in [0.29, 0.717) is 16.0 Å². The van der Waals surface area contributed by atoms with Crippen LogP contribution in [0.3, 0.4) is 0 Å². The zero-order valence-corrected chi connectivity index (χ0v) is 17.3. The number of aromatic nitrogens is 3. The molecule has 156 valence electrons. The number of carbonyl (C=O) groups excluding carboxylic acids is 1. The van der Waals surface area contributed by atoms with Crippen molar-refractivity contribution in [2.75, 3.05) is 24.1 Å². The van der Waals surface area contributed by atoms with E-state index in [2.05, 4.69) is 25.6 Å². The molecule has 1 aromatic carbocycles. The maximum Gasteiger partial charge on any atom is 0.277 e. The van der Waals surface area contributed by atoms with Crippen molar-refractivity contribution in [2.45, 2.75) is 23.1 Å². The third-order valence-electron chi connectivity index (χ3n) is 4.53. The van der Waals surface area contributed by atoms with Gasteiger partial charge >= 0.3 is 0 Å². The summed E-state index contributed by atoms with van der Waals surface area (Å²) in [6.45, 7) is 1.88. The number of anilines is 2. The molecule has 0 atom stereocenters. The lowest BCUT2D eigenvalue weighted by atomic mass is 10.2. The second-order valence-electron chi connectivity index (χ2n) is 6.59. The number of amides is 1. The van der Waals surface area contributed by atoms with Crippen LogP contribution >= 0.6 is 23.1 Å². The molecule has 7 nitrogen and oxygen atoms in total. The average molecular weight is 449 g/mol. The molecule has 3 heterocycles. The smallest absolute Gasteiger partial charge is 0.277 e. The van der Waals surface area contributed by atoms with Crippen LogP contribution < -0.4 is 16.4 Å². The van der Waals surface area contributed by atoms with Crippen molar-refractivity contribution in [3.05, 3.63) is 48.1 Å². The van der Waals surface area contributed by atoms with Crippen LogP contribution in [0, 0.1) is 11.6 Å². The number of rotatable bonds is 5. The first-order chi connectivity index (χ1) is 14.5. The highest BCUT2D eigenvalue weighted by molar-refractivity contribution is 8.00. The van der Waals surface area contributed by atoms with Gasteiger partial charge in [0.15, 0.2) is 5.69 Å². The summed E-state index contributed by atoms with van der Waals surface area (Å²) in [6.07, 6.45) is 4.93. The summed E-state index contributed by atoms with van der Waals surface area (Å²) >= 11 is 2.43. The van der Waals surface area contributed by atoms with Gasteiger partial charge in [0.2, 0.25) is 0 Å². The average Bonchev–Trinajstić information content (AvgIpc) is 3.11. The molecule has 30 heavy (non-hydrogen) atoms. The van der Waals surface area contributed by atoms with Crippen LogP contribution in [0.4, 0.5) is 19.5 Å². The monoisotopic (exact) mass is 448 g/mol. The molecule has 2 aromatic heterocycles. The molecule has 3 aromatic rings. The van der Waals surface area contributed by atoms with Crippen LogP contribution in [0.15, 0.2) is 35.7 Å². The summed E-state index contributed by atoms with van der Waals surface area (Å²) in [5, 5.41) is 7.14. The molecule has 1 amide bonds. The van der Waals surface area contributed by atoms with E-state index in [1.54, 1.807) is 11.8 Å². The third kappa shape index (κ3) is 4.42. The molecular weight excluding hydrogens is 430 g/mol. The van der Waals surface area contributed by atoms with E-state index in [4.69, 9.17) is 5.73 Å². The molecule has 1 aliphatic heterocycles. The molecule has 0 aliphatic carbocycles. The Balaban J connectivity index is 1.56. The minimum absolute atomic E-state index is 0.00173. The summed E-state index contributed by atoms with van der Waals surface area (Å²) in [7, 11) is 0. The number of nitrogens with zero attached hydrogens (tertiary/aromatic N) is 3. The Morgan fingerprint density at radius 1 is 1.27 bits per heavy atom. The van der Waals surface area contributed by atoms with E-state index in [1.807, 2.05) is 0 Å². The zero-order valence-electron chi connectivity index (χ0n) is 15.7. The lowest BCUT2D eigenvalue weighted by Crippen LogP contribution is -2.29. The fraction of sp³-hybridized carbons (Fsp3) is 0.263. The SMILES string of the molecule is Nc1sc(-c2c(F)cccc2F)nc1C(=O)Nc1cncnc1SC1CCNCC1. The van der Waals surface area contributed by atoms with Crippen molar-refractivity contribution < 1.29 is 13.6 Å². The number of thioether (sulfide) groups is 1. The van der Waals surface area contributed by atoms with Crippen LogP contribution in [0.1, 0.15) is 23.3 Å². The summed E-state index contributed by atoms with van der Waals surface area (Å²) in [5.74, 6) is -2.13. The first-order valence-electron chi connectivity index (χ1n) is 9.22. The van der Waals surface area contributed by atoms with Crippen LogP contribution in [0.2, 0.25) is 0 Å². The Labute approximate surface area is 179 Å². The lowest BCUT2D eigenvalue weighted by molar-refractivity contribution is 0.102. The number of carbonyl (C=O) groups is 1. The molecule has 4 rings (SSSR count). The maximum atomic E-state index is 14.1. The van der Waals surface area contributed by atoms with Gasteiger partial charge in [-0.3, -0.25) is 4.79 Å². The van der Waals surface area contributed by atoms with Crippen LogP contribution in [0.25, 0.3) is 10.6 Å². The molecule has 0 saturated carbocycles. The normalized spacial score (nSPS) is 14.6. The summed E-state index contributed by atoms with van der Waals surface area (Å²) in [6, 6.07) is 3.51. The standard InChI is InChI=1S/C19H18F2N6OS2/c20-11-2-1-3-12(21)14(11)19-27-15(16(22)30-19)17(28)26-13-8-24-9-25-18(13)29-10-4-6-23-7-5-10/h1-3,8-10,23H,4-7,22H2,(H,26,28). The van der Waals surface area contributed by atoms with Crippen LogP contribution in [-0.2, 0) is 0 Å². The molecule has 4 N–H and O–H groups in total. The van der Waals surface area contributed by atoms with Gasteiger partial charge in [-0.1, -0.05) is 17.4 Å². The summed E-state index contributed by atoms with van der Waals surface area (Å²) in [4.78, 5) is 25.1. The van der Waals surface area contributed by atoms with E-state index in [9.17, 15) is 13.6 Å². The first-order valence-corrected chi connectivity index (χ1v) is 10.9. The Morgan fingerprint density at radius 3 is 2.73 bits per heavy atom. The van der Waals surface area contributed by atoms with Crippen LogP contribution in [-0.4, -0.2) is 39.2 Å². The fourth-order valence-electron chi connectivity index (χ4n) is 3.05. The number of halogens is 2. The van der Waals surface area contributed by atoms with Gasteiger partial charge in [-0.05, 0) is 38.1 Å². The van der Waals surface area contributed by atoms with Gasteiger partial charge in [-0.15, -0.1) is 11.8 Å². The highest BCUT2D eigenvalue weighted by atomic mass is 32.2. The highest BCUT2D eigenvalue weighted by Gasteiger charge is 2.23. The Kier molecular flexibility index (Phi) is 6.21. The molecular formula is C19H18F2N6OS2. The van der Waals surface area contributed by atoms with E-state index in [0.717, 1.165) is 49.4 Å². The van der Waals surface area contributed by atoms with Gasteiger partial charge in [-0.2, -0.15) is 0 Å².